The van der Waals surface area contributed by atoms with Gasteiger partial charge in [0.25, 0.3) is 5.91 Å². The number of hydrogen-bond donors (Lipinski definition) is 2. The SMILES string of the molecule is COc1ccc(OC)c(C(O)CNC(=O)c2cc(C)nc3ccc(Br)cc23)c1. The third-order valence-electron chi connectivity index (χ3n) is 4.40. The molecule has 28 heavy (non-hydrogen) atoms. The van der Waals surface area contributed by atoms with Crippen LogP contribution in [0.1, 0.15) is 27.7 Å². The van der Waals surface area contributed by atoms with Gasteiger partial charge in [-0.1, -0.05) is 15.9 Å². The van der Waals surface area contributed by atoms with Gasteiger partial charge in [-0.15, -0.1) is 0 Å². The first kappa shape index (κ1) is 20.1. The van der Waals surface area contributed by atoms with Crippen molar-refractivity contribution < 1.29 is 19.4 Å². The van der Waals surface area contributed by atoms with Crippen molar-refractivity contribution in [3.8, 4) is 11.5 Å². The maximum Gasteiger partial charge on any atom is 0.252 e. The van der Waals surface area contributed by atoms with Crippen LogP contribution in [0.5, 0.6) is 11.5 Å². The van der Waals surface area contributed by atoms with Gasteiger partial charge in [-0.3, -0.25) is 9.78 Å². The van der Waals surface area contributed by atoms with Crippen molar-refractivity contribution in [2.24, 2.45) is 0 Å². The van der Waals surface area contributed by atoms with E-state index in [1.165, 1.54) is 7.11 Å². The van der Waals surface area contributed by atoms with E-state index in [4.69, 9.17) is 9.47 Å². The molecule has 0 fully saturated rings. The number of aliphatic hydroxyl groups is 1. The van der Waals surface area contributed by atoms with Gasteiger partial charge in [0.2, 0.25) is 0 Å². The van der Waals surface area contributed by atoms with Crippen molar-refractivity contribution in [3.63, 3.8) is 0 Å². The lowest BCUT2D eigenvalue weighted by Gasteiger charge is -2.17. The Morgan fingerprint density at radius 3 is 2.68 bits per heavy atom. The number of nitrogens with one attached hydrogen (secondary N) is 1. The molecule has 2 aromatic carbocycles. The Morgan fingerprint density at radius 1 is 1.18 bits per heavy atom. The van der Waals surface area contributed by atoms with E-state index in [1.807, 2.05) is 25.1 Å². The summed E-state index contributed by atoms with van der Waals surface area (Å²) in [4.78, 5) is 17.3. The second-order valence-electron chi connectivity index (χ2n) is 6.31. The standard InChI is InChI=1S/C21H21BrN2O4/c1-12-8-16(15-9-13(22)4-6-18(15)24-12)21(26)23-11-19(25)17-10-14(27-2)5-7-20(17)28-3/h4-10,19,25H,11H2,1-3H3,(H,23,26). The molecule has 2 N–H and O–H groups in total. The Kier molecular flexibility index (Phi) is 6.16. The number of ether oxygens (including phenoxy) is 2. The zero-order valence-electron chi connectivity index (χ0n) is 15.8. The Labute approximate surface area is 171 Å². The summed E-state index contributed by atoms with van der Waals surface area (Å²) in [6.07, 6.45) is -0.949. The number of benzene rings is 2. The predicted molar refractivity (Wildman–Crippen MR) is 111 cm³/mol. The minimum Gasteiger partial charge on any atom is -0.497 e. The number of fused-ring (bicyclic) bond motifs is 1. The van der Waals surface area contributed by atoms with E-state index in [0.29, 0.717) is 22.6 Å². The molecule has 1 heterocycles. The van der Waals surface area contributed by atoms with Crippen LogP contribution in [0.4, 0.5) is 0 Å². The highest BCUT2D eigenvalue weighted by Gasteiger charge is 2.18. The van der Waals surface area contributed by atoms with E-state index in [1.54, 1.807) is 31.4 Å². The van der Waals surface area contributed by atoms with E-state index in [9.17, 15) is 9.90 Å². The first-order valence-electron chi connectivity index (χ1n) is 8.68. The Bertz CT molecular complexity index is 1020. The van der Waals surface area contributed by atoms with Crippen LogP contribution in [0.3, 0.4) is 0 Å². The van der Waals surface area contributed by atoms with Crippen molar-refractivity contribution in [2.45, 2.75) is 13.0 Å². The zero-order valence-corrected chi connectivity index (χ0v) is 17.4. The van der Waals surface area contributed by atoms with Gasteiger partial charge in [0, 0.05) is 27.7 Å². The Hall–Kier alpha value is -2.64. The van der Waals surface area contributed by atoms with Crippen molar-refractivity contribution in [2.75, 3.05) is 20.8 Å². The van der Waals surface area contributed by atoms with Crippen LogP contribution in [0, 0.1) is 6.92 Å². The number of carbonyl (C=O) groups excluding carboxylic acids is 1. The third-order valence-corrected chi connectivity index (χ3v) is 4.89. The summed E-state index contributed by atoms with van der Waals surface area (Å²) >= 11 is 3.43. The number of amides is 1. The van der Waals surface area contributed by atoms with E-state index in [-0.39, 0.29) is 12.5 Å². The van der Waals surface area contributed by atoms with Crippen molar-refractivity contribution in [3.05, 3.63) is 63.8 Å². The second kappa shape index (κ2) is 8.58. The van der Waals surface area contributed by atoms with Gasteiger partial charge >= 0.3 is 0 Å². The number of methoxy groups -OCH3 is 2. The molecule has 6 nitrogen and oxygen atoms in total. The van der Waals surface area contributed by atoms with Crippen LogP contribution in [0.25, 0.3) is 10.9 Å². The summed E-state index contributed by atoms with van der Waals surface area (Å²) in [5.74, 6) is 0.841. The molecule has 0 bridgehead atoms. The molecule has 0 aliphatic rings. The van der Waals surface area contributed by atoms with Crippen LogP contribution >= 0.6 is 15.9 Å². The number of hydrogen-bond acceptors (Lipinski definition) is 5. The van der Waals surface area contributed by atoms with Gasteiger partial charge in [0.1, 0.15) is 17.6 Å². The first-order chi connectivity index (χ1) is 13.4. The fourth-order valence-electron chi connectivity index (χ4n) is 3.01. The number of nitrogens with zero attached hydrogens (tertiary/aromatic N) is 1. The summed E-state index contributed by atoms with van der Waals surface area (Å²) in [5, 5.41) is 14.1. The van der Waals surface area contributed by atoms with E-state index in [0.717, 1.165) is 21.1 Å². The van der Waals surface area contributed by atoms with E-state index in [2.05, 4.69) is 26.2 Å². The third kappa shape index (κ3) is 4.26. The number of aliphatic hydroxyl groups excluding tert-OH is 1. The van der Waals surface area contributed by atoms with Gasteiger partial charge in [-0.05, 0) is 49.4 Å². The zero-order chi connectivity index (χ0) is 20.3. The van der Waals surface area contributed by atoms with Crippen LogP contribution in [0.15, 0.2) is 46.9 Å². The number of pyridine rings is 1. The van der Waals surface area contributed by atoms with E-state index >= 15 is 0 Å². The van der Waals surface area contributed by atoms with Crippen LogP contribution in [0.2, 0.25) is 0 Å². The van der Waals surface area contributed by atoms with Gasteiger partial charge in [-0.2, -0.15) is 0 Å². The lowest BCUT2D eigenvalue weighted by Crippen LogP contribution is -2.29. The number of aromatic nitrogens is 1. The lowest BCUT2D eigenvalue weighted by atomic mass is 10.1. The molecular formula is C21H21BrN2O4. The number of carbonyl (C=O) groups is 1. The van der Waals surface area contributed by atoms with Crippen LogP contribution in [-0.4, -0.2) is 36.8 Å². The molecule has 1 unspecified atom stereocenters. The predicted octanol–water partition coefficient (Wildman–Crippen LogP) is 3.79. The largest absolute Gasteiger partial charge is 0.497 e. The van der Waals surface area contributed by atoms with Gasteiger partial charge in [-0.25, -0.2) is 0 Å². The van der Waals surface area contributed by atoms with Crippen LogP contribution < -0.4 is 14.8 Å². The fourth-order valence-corrected chi connectivity index (χ4v) is 3.37. The molecule has 0 spiro atoms. The average Bonchev–Trinajstić information content (AvgIpc) is 2.70. The van der Waals surface area contributed by atoms with Crippen molar-refractivity contribution in [1.29, 1.82) is 0 Å². The van der Waals surface area contributed by atoms with E-state index < -0.39 is 6.10 Å². The lowest BCUT2D eigenvalue weighted by molar-refractivity contribution is 0.0916. The number of aryl methyl sites for hydroxylation is 1. The highest BCUT2D eigenvalue weighted by Crippen LogP contribution is 2.29. The fraction of sp³-hybridized carbons (Fsp3) is 0.238. The Morgan fingerprint density at radius 2 is 1.96 bits per heavy atom. The maximum absolute atomic E-state index is 12.8. The topological polar surface area (TPSA) is 80.7 Å². The van der Waals surface area contributed by atoms with Crippen molar-refractivity contribution in [1.82, 2.24) is 10.3 Å². The summed E-state index contributed by atoms with van der Waals surface area (Å²) in [6.45, 7) is 1.87. The normalized spacial score (nSPS) is 11.9. The molecule has 0 saturated carbocycles. The molecular weight excluding hydrogens is 424 g/mol. The number of rotatable bonds is 6. The maximum atomic E-state index is 12.8. The molecule has 1 atom stereocenters. The molecule has 146 valence electrons. The molecule has 0 radical (unpaired) electrons. The molecule has 3 rings (SSSR count). The molecule has 1 amide bonds. The molecule has 0 saturated heterocycles. The molecule has 1 aromatic heterocycles. The van der Waals surface area contributed by atoms with Gasteiger partial charge < -0.3 is 19.9 Å². The highest BCUT2D eigenvalue weighted by atomic mass is 79.9. The summed E-state index contributed by atoms with van der Waals surface area (Å²) in [6, 6.07) is 12.5. The van der Waals surface area contributed by atoms with Crippen LogP contribution in [-0.2, 0) is 0 Å². The first-order valence-corrected chi connectivity index (χ1v) is 9.47. The number of halogens is 1. The minimum absolute atomic E-state index is 0.0270. The Balaban J connectivity index is 1.83. The molecule has 0 aliphatic heterocycles. The summed E-state index contributed by atoms with van der Waals surface area (Å²) < 4.78 is 11.4. The second-order valence-corrected chi connectivity index (χ2v) is 7.22. The summed E-state index contributed by atoms with van der Waals surface area (Å²) in [5.41, 5.74) is 2.53. The molecule has 7 heteroatoms. The monoisotopic (exact) mass is 444 g/mol. The van der Waals surface area contributed by atoms with Crippen molar-refractivity contribution >= 4 is 32.7 Å². The molecule has 0 aliphatic carbocycles. The molecule has 3 aromatic rings. The average molecular weight is 445 g/mol. The summed E-state index contributed by atoms with van der Waals surface area (Å²) in [7, 11) is 3.08. The minimum atomic E-state index is -0.949. The highest BCUT2D eigenvalue weighted by molar-refractivity contribution is 9.10. The smallest absolute Gasteiger partial charge is 0.252 e. The van der Waals surface area contributed by atoms with Gasteiger partial charge in [0.15, 0.2) is 0 Å². The van der Waals surface area contributed by atoms with Gasteiger partial charge in [0.05, 0.1) is 25.3 Å². The quantitative estimate of drug-likeness (QED) is 0.604.